The molecule has 114 valence electrons. The van der Waals surface area contributed by atoms with Crippen molar-refractivity contribution in [3.05, 3.63) is 51.0 Å². The highest BCUT2D eigenvalue weighted by molar-refractivity contribution is 7.09. The van der Waals surface area contributed by atoms with E-state index in [4.69, 9.17) is 4.98 Å². The average Bonchev–Trinajstić information content (AvgIpc) is 2.93. The van der Waals surface area contributed by atoms with Crippen LogP contribution in [0.3, 0.4) is 0 Å². The van der Waals surface area contributed by atoms with E-state index in [1.54, 1.807) is 11.3 Å². The normalized spacial score (nSPS) is 12.9. The van der Waals surface area contributed by atoms with Gasteiger partial charge in [0, 0.05) is 5.38 Å². The minimum Gasteiger partial charge on any atom is -0.304 e. The molecule has 0 spiro atoms. The van der Waals surface area contributed by atoms with Gasteiger partial charge in [-0.05, 0) is 49.4 Å². The van der Waals surface area contributed by atoms with Crippen LogP contribution >= 0.6 is 11.3 Å². The van der Waals surface area contributed by atoms with E-state index in [1.165, 1.54) is 27.4 Å². The van der Waals surface area contributed by atoms with E-state index in [1.807, 2.05) is 0 Å². The van der Waals surface area contributed by atoms with E-state index in [0.717, 1.165) is 13.0 Å². The van der Waals surface area contributed by atoms with Gasteiger partial charge < -0.3 is 5.32 Å². The minimum atomic E-state index is 0.211. The number of rotatable bonds is 6. The summed E-state index contributed by atoms with van der Waals surface area (Å²) in [5, 5.41) is 7.05. The highest BCUT2D eigenvalue weighted by Crippen LogP contribution is 2.30. The summed E-state index contributed by atoms with van der Waals surface area (Å²) in [5.41, 5.74) is 5.26. The lowest BCUT2D eigenvalue weighted by Crippen LogP contribution is -2.24. The van der Waals surface area contributed by atoms with Gasteiger partial charge in [0.05, 0.1) is 11.7 Å². The van der Waals surface area contributed by atoms with Crippen LogP contribution in [0.5, 0.6) is 0 Å². The third kappa shape index (κ3) is 3.72. The lowest BCUT2D eigenvalue weighted by Gasteiger charge is -2.20. The second-order valence-corrected chi connectivity index (χ2v) is 6.83. The highest BCUT2D eigenvalue weighted by Gasteiger charge is 2.20. The average molecular weight is 302 g/mol. The van der Waals surface area contributed by atoms with Gasteiger partial charge in [-0.15, -0.1) is 11.3 Å². The molecule has 1 heterocycles. The van der Waals surface area contributed by atoms with Crippen molar-refractivity contribution in [3.8, 4) is 0 Å². The van der Waals surface area contributed by atoms with Gasteiger partial charge in [-0.25, -0.2) is 4.98 Å². The van der Waals surface area contributed by atoms with Crippen LogP contribution in [-0.2, 0) is 0 Å². The van der Waals surface area contributed by atoms with E-state index in [-0.39, 0.29) is 6.04 Å². The van der Waals surface area contributed by atoms with Crippen molar-refractivity contribution < 1.29 is 0 Å². The van der Waals surface area contributed by atoms with E-state index < -0.39 is 0 Å². The number of benzene rings is 1. The first-order chi connectivity index (χ1) is 10.0. The molecule has 1 atom stereocenters. The molecule has 1 aromatic carbocycles. The molecular weight excluding hydrogens is 276 g/mol. The zero-order valence-corrected chi connectivity index (χ0v) is 14.6. The molecule has 0 radical (unpaired) electrons. The number of aryl methyl sites for hydroxylation is 1. The first kappa shape index (κ1) is 16.2. The fourth-order valence-electron chi connectivity index (χ4n) is 2.40. The van der Waals surface area contributed by atoms with Crippen LogP contribution in [-0.4, -0.2) is 11.5 Å². The Hall–Kier alpha value is -1.19. The predicted octanol–water partition coefficient (Wildman–Crippen LogP) is 4.97. The molecule has 1 unspecified atom stereocenters. The maximum atomic E-state index is 4.87. The SMILES string of the molecule is CCCNC(c1nc(C(C)C)cs1)c1cccc(C)c1C. The van der Waals surface area contributed by atoms with E-state index in [0.29, 0.717) is 5.92 Å². The van der Waals surface area contributed by atoms with E-state index in [2.05, 4.69) is 63.5 Å². The standard InChI is InChI=1S/C18H26N2S/c1-6-10-19-17(15-9-7-8-13(4)14(15)5)18-20-16(11-21-18)12(2)3/h7-9,11-12,17,19H,6,10H2,1-5H3. The summed E-state index contributed by atoms with van der Waals surface area (Å²) in [7, 11) is 0. The smallest absolute Gasteiger partial charge is 0.114 e. The molecule has 3 heteroatoms. The van der Waals surface area contributed by atoms with Gasteiger partial charge in [0.15, 0.2) is 0 Å². The molecular formula is C18H26N2S. The maximum Gasteiger partial charge on any atom is 0.114 e. The van der Waals surface area contributed by atoms with Crippen LogP contribution in [0.1, 0.15) is 66.5 Å². The quantitative estimate of drug-likeness (QED) is 0.814. The fourth-order valence-corrected chi connectivity index (χ4v) is 3.47. The molecule has 1 aromatic heterocycles. The summed E-state index contributed by atoms with van der Waals surface area (Å²) in [4.78, 5) is 4.87. The highest BCUT2D eigenvalue weighted by atomic mass is 32.1. The lowest BCUT2D eigenvalue weighted by atomic mass is 9.97. The van der Waals surface area contributed by atoms with Crippen LogP contribution in [0, 0.1) is 13.8 Å². The summed E-state index contributed by atoms with van der Waals surface area (Å²) in [6, 6.07) is 6.76. The zero-order valence-electron chi connectivity index (χ0n) is 13.7. The summed E-state index contributed by atoms with van der Waals surface area (Å²) in [6.45, 7) is 12.0. The van der Waals surface area contributed by atoms with Crippen LogP contribution in [0.2, 0.25) is 0 Å². The molecule has 21 heavy (non-hydrogen) atoms. The molecule has 1 N–H and O–H groups in total. The number of nitrogens with one attached hydrogen (secondary N) is 1. The van der Waals surface area contributed by atoms with Gasteiger partial charge >= 0.3 is 0 Å². The molecule has 0 bridgehead atoms. The number of hydrogen-bond donors (Lipinski definition) is 1. The van der Waals surface area contributed by atoms with Gasteiger partial charge in [-0.2, -0.15) is 0 Å². The molecule has 0 aliphatic heterocycles. The minimum absolute atomic E-state index is 0.211. The van der Waals surface area contributed by atoms with E-state index >= 15 is 0 Å². The predicted molar refractivity (Wildman–Crippen MR) is 92.3 cm³/mol. The van der Waals surface area contributed by atoms with Crippen LogP contribution in [0.15, 0.2) is 23.6 Å². The van der Waals surface area contributed by atoms with E-state index in [9.17, 15) is 0 Å². The van der Waals surface area contributed by atoms with Crippen molar-refractivity contribution in [2.75, 3.05) is 6.54 Å². The Bertz CT molecular complexity index is 587. The van der Waals surface area contributed by atoms with Crippen molar-refractivity contribution >= 4 is 11.3 Å². The van der Waals surface area contributed by atoms with Crippen molar-refractivity contribution in [3.63, 3.8) is 0 Å². The lowest BCUT2D eigenvalue weighted by molar-refractivity contribution is 0.590. The topological polar surface area (TPSA) is 24.9 Å². The van der Waals surface area contributed by atoms with Gasteiger partial charge in [0.25, 0.3) is 0 Å². The van der Waals surface area contributed by atoms with Crippen molar-refractivity contribution in [1.29, 1.82) is 0 Å². The maximum absolute atomic E-state index is 4.87. The Balaban J connectivity index is 2.39. The third-order valence-corrected chi connectivity index (χ3v) is 4.86. The molecule has 0 fully saturated rings. The number of nitrogens with zero attached hydrogens (tertiary/aromatic N) is 1. The molecule has 0 aliphatic carbocycles. The number of aromatic nitrogens is 1. The van der Waals surface area contributed by atoms with Crippen molar-refractivity contribution in [1.82, 2.24) is 10.3 Å². The fraction of sp³-hybridized carbons (Fsp3) is 0.500. The molecule has 0 saturated carbocycles. The number of thiazole rings is 1. The molecule has 2 nitrogen and oxygen atoms in total. The van der Waals surface area contributed by atoms with Crippen LogP contribution in [0.4, 0.5) is 0 Å². The van der Waals surface area contributed by atoms with Crippen LogP contribution in [0.25, 0.3) is 0 Å². The van der Waals surface area contributed by atoms with Crippen molar-refractivity contribution in [2.45, 2.75) is 53.0 Å². The second kappa shape index (κ2) is 7.19. The van der Waals surface area contributed by atoms with Gasteiger partial charge in [-0.1, -0.05) is 39.0 Å². The third-order valence-electron chi connectivity index (χ3n) is 3.93. The Morgan fingerprint density at radius 2 is 2.00 bits per heavy atom. The summed E-state index contributed by atoms with van der Waals surface area (Å²) in [6.07, 6.45) is 1.13. The van der Waals surface area contributed by atoms with Crippen molar-refractivity contribution in [2.24, 2.45) is 0 Å². The first-order valence-electron chi connectivity index (χ1n) is 7.79. The van der Waals surface area contributed by atoms with Gasteiger partial charge in [0.2, 0.25) is 0 Å². The summed E-state index contributed by atoms with van der Waals surface area (Å²) >= 11 is 1.77. The molecule has 0 aliphatic rings. The molecule has 2 rings (SSSR count). The largest absolute Gasteiger partial charge is 0.304 e. The van der Waals surface area contributed by atoms with Crippen LogP contribution < -0.4 is 5.32 Å². The monoisotopic (exact) mass is 302 g/mol. The van der Waals surface area contributed by atoms with Gasteiger partial charge in [0.1, 0.15) is 5.01 Å². The number of hydrogen-bond acceptors (Lipinski definition) is 3. The Morgan fingerprint density at radius 1 is 1.24 bits per heavy atom. The first-order valence-corrected chi connectivity index (χ1v) is 8.67. The second-order valence-electron chi connectivity index (χ2n) is 5.94. The molecule has 0 saturated heterocycles. The zero-order chi connectivity index (χ0) is 15.4. The molecule has 2 aromatic rings. The Labute approximate surface area is 132 Å². The summed E-state index contributed by atoms with van der Waals surface area (Å²) in [5.74, 6) is 0.487. The van der Waals surface area contributed by atoms with Gasteiger partial charge in [-0.3, -0.25) is 0 Å². The molecule has 0 amide bonds. The Morgan fingerprint density at radius 3 is 2.62 bits per heavy atom. The Kier molecular flexibility index (Phi) is 5.54. The summed E-state index contributed by atoms with van der Waals surface area (Å²) < 4.78 is 0.